The molecule has 16 heavy (non-hydrogen) atoms. The molecule has 0 unspecified atom stereocenters. The van der Waals surface area contributed by atoms with Gasteiger partial charge in [-0.25, -0.2) is 0 Å². The first-order valence-corrected chi connectivity index (χ1v) is 5.84. The van der Waals surface area contributed by atoms with Crippen molar-refractivity contribution in [1.82, 2.24) is 0 Å². The van der Waals surface area contributed by atoms with Crippen LogP contribution in [0.3, 0.4) is 0 Å². The molecular weight excluding hydrogens is 220 g/mol. The smallest absolute Gasteiger partial charge is 0.0645 e. The predicted molar refractivity (Wildman–Crippen MR) is 70.6 cm³/mol. The Labute approximate surface area is 103 Å². The second-order valence-corrected chi connectivity index (χ2v) is 5.69. The van der Waals surface area contributed by atoms with Gasteiger partial charge in [0.1, 0.15) is 0 Å². The summed E-state index contributed by atoms with van der Waals surface area (Å²) in [5.74, 6) is 0. The number of hydrogen-bond acceptors (Lipinski definition) is 1. The van der Waals surface area contributed by atoms with Crippen LogP contribution in [0.2, 0.25) is 5.02 Å². The van der Waals surface area contributed by atoms with Crippen LogP contribution in [0.1, 0.15) is 32.8 Å². The lowest BCUT2D eigenvalue weighted by atomic mass is 9.87. The van der Waals surface area contributed by atoms with Crippen LogP contribution < -0.4 is 0 Å². The van der Waals surface area contributed by atoms with Crippen LogP contribution in [-0.4, -0.2) is 11.7 Å². The summed E-state index contributed by atoms with van der Waals surface area (Å²) in [5, 5.41) is 10.0. The molecule has 1 nitrogen and oxygen atoms in total. The van der Waals surface area contributed by atoms with Gasteiger partial charge in [-0.1, -0.05) is 50.6 Å². The molecule has 0 spiro atoms. The van der Waals surface area contributed by atoms with Crippen molar-refractivity contribution in [2.75, 3.05) is 6.61 Å². The van der Waals surface area contributed by atoms with Gasteiger partial charge in [0.25, 0.3) is 0 Å². The van der Waals surface area contributed by atoms with Gasteiger partial charge in [0, 0.05) is 5.02 Å². The van der Waals surface area contributed by atoms with Crippen LogP contribution in [0.5, 0.6) is 0 Å². The molecule has 0 bridgehead atoms. The SMILES string of the molecule is CC(C)(C)C/C(=C/c1ccc(Cl)cc1)CO. The van der Waals surface area contributed by atoms with E-state index in [1.54, 1.807) is 0 Å². The van der Waals surface area contributed by atoms with Crippen molar-refractivity contribution >= 4 is 17.7 Å². The Balaban J connectivity index is 2.83. The average Bonchev–Trinajstić information content (AvgIpc) is 2.18. The van der Waals surface area contributed by atoms with Crippen molar-refractivity contribution in [3.05, 3.63) is 40.4 Å². The van der Waals surface area contributed by atoms with Gasteiger partial charge in [0.05, 0.1) is 6.61 Å². The lowest BCUT2D eigenvalue weighted by molar-refractivity contribution is 0.306. The van der Waals surface area contributed by atoms with E-state index in [1.165, 1.54) is 0 Å². The number of benzene rings is 1. The van der Waals surface area contributed by atoms with Crippen molar-refractivity contribution in [1.29, 1.82) is 0 Å². The Bertz CT molecular complexity index is 357. The summed E-state index contributed by atoms with van der Waals surface area (Å²) < 4.78 is 0. The third-order valence-electron chi connectivity index (χ3n) is 2.20. The molecule has 0 radical (unpaired) electrons. The number of halogens is 1. The molecule has 0 saturated heterocycles. The van der Waals surface area contributed by atoms with E-state index in [2.05, 4.69) is 20.8 Å². The Morgan fingerprint density at radius 1 is 1.25 bits per heavy atom. The normalized spacial score (nSPS) is 12.9. The molecule has 0 aliphatic rings. The Morgan fingerprint density at radius 2 is 1.81 bits per heavy atom. The highest BCUT2D eigenvalue weighted by molar-refractivity contribution is 6.30. The predicted octanol–water partition coefficient (Wildman–Crippen LogP) is 4.15. The summed E-state index contributed by atoms with van der Waals surface area (Å²) in [6.07, 6.45) is 2.92. The molecule has 88 valence electrons. The van der Waals surface area contributed by atoms with E-state index in [4.69, 9.17) is 11.6 Å². The van der Waals surface area contributed by atoms with Crippen LogP contribution in [0.4, 0.5) is 0 Å². The Morgan fingerprint density at radius 3 is 2.25 bits per heavy atom. The molecule has 0 heterocycles. The van der Waals surface area contributed by atoms with Gasteiger partial charge in [0.2, 0.25) is 0 Å². The highest BCUT2D eigenvalue weighted by atomic mass is 35.5. The van der Waals surface area contributed by atoms with Crippen LogP contribution >= 0.6 is 11.6 Å². The minimum atomic E-state index is 0.111. The van der Waals surface area contributed by atoms with E-state index in [-0.39, 0.29) is 12.0 Å². The summed E-state index contributed by atoms with van der Waals surface area (Å²) in [4.78, 5) is 0. The lowest BCUT2D eigenvalue weighted by Gasteiger charge is -2.19. The van der Waals surface area contributed by atoms with Crippen LogP contribution in [0, 0.1) is 5.41 Å². The van der Waals surface area contributed by atoms with Crippen LogP contribution in [0.15, 0.2) is 29.8 Å². The molecule has 0 aliphatic carbocycles. The van der Waals surface area contributed by atoms with Gasteiger partial charge in [-0.3, -0.25) is 0 Å². The molecule has 0 saturated carbocycles. The van der Waals surface area contributed by atoms with Crippen molar-refractivity contribution in [2.24, 2.45) is 5.41 Å². The second-order valence-electron chi connectivity index (χ2n) is 5.25. The Hall–Kier alpha value is -0.790. The maximum absolute atomic E-state index is 9.31. The second kappa shape index (κ2) is 5.51. The first-order valence-electron chi connectivity index (χ1n) is 5.46. The lowest BCUT2D eigenvalue weighted by Crippen LogP contribution is -2.08. The van der Waals surface area contributed by atoms with E-state index >= 15 is 0 Å². The number of aliphatic hydroxyl groups is 1. The van der Waals surface area contributed by atoms with Gasteiger partial charge in [0.15, 0.2) is 0 Å². The van der Waals surface area contributed by atoms with E-state index in [0.717, 1.165) is 22.6 Å². The number of rotatable bonds is 3. The maximum atomic E-state index is 9.31. The topological polar surface area (TPSA) is 20.2 Å². The van der Waals surface area contributed by atoms with E-state index in [1.807, 2.05) is 30.3 Å². The van der Waals surface area contributed by atoms with Crippen molar-refractivity contribution < 1.29 is 5.11 Å². The summed E-state index contributed by atoms with van der Waals surface area (Å²) in [5.41, 5.74) is 2.33. The first-order chi connectivity index (χ1) is 7.40. The third kappa shape index (κ3) is 4.82. The molecule has 1 N–H and O–H groups in total. The molecule has 0 fully saturated rings. The standard InChI is InChI=1S/C14H19ClO/c1-14(2,3)9-12(10-16)8-11-4-6-13(15)7-5-11/h4-8,16H,9-10H2,1-3H3/b12-8-. The van der Waals surface area contributed by atoms with Crippen molar-refractivity contribution in [2.45, 2.75) is 27.2 Å². The van der Waals surface area contributed by atoms with Gasteiger partial charge < -0.3 is 5.11 Å². The van der Waals surface area contributed by atoms with Crippen molar-refractivity contribution in [3.8, 4) is 0 Å². The number of hydrogen-bond donors (Lipinski definition) is 1. The fourth-order valence-corrected chi connectivity index (χ4v) is 1.75. The maximum Gasteiger partial charge on any atom is 0.0645 e. The fourth-order valence-electron chi connectivity index (χ4n) is 1.63. The molecule has 2 heteroatoms. The molecule has 0 amide bonds. The quantitative estimate of drug-likeness (QED) is 0.839. The fraction of sp³-hybridized carbons (Fsp3) is 0.429. The first kappa shape index (κ1) is 13.3. The van der Waals surface area contributed by atoms with Gasteiger partial charge in [-0.2, -0.15) is 0 Å². The zero-order chi connectivity index (χ0) is 12.2. The molecular formula is C14H19ClO. The minimum Gasteiger partial charge on any atom is -0.392 e. The molecule has 0 aromatic heterocycles. The van der Waals surface area contributed by atoms with Gasteiger partial charge >= 0.3 is 0 Å². The highest BCUT2D eigenvalue weighted by Gasteiger charge is 2.12. The van der Waals surface area contributed by atoms with E-state index in [9.17, 15) is 5.11 Å². The van der Waals surface area contributed by atoms with Gasteiger partial charge in [-0.15, -0.1) is 0 Å². The largest absolute Gasteiger partial charge is 0.392 e. The van der Waals surface area contributed by atoms with E-state index in [0.29, 0.717) is 0 Å². The summed E-state index contributed by atoms with van der Waals surface area (Å²) in [6.45, 7) is 6.61. The monoisotopic (exact) mass is 238 g/mol. The highest BCUT2D eigenvalue weighted by Crippen LogP contribution is 2.25. The molecule has 1 rings (SSSR count). The van der Waals surface area contributed by atoms with Crippen LogP contribution in [-0.2, 0) is 0 Å². The van der Waals surface area contributed by atoms with Gasteiger partial charge in [-0.05, 0) is 35.1 Å². The average molecular weight is 239 g/mol. The Kier molecular flexibility index (Phi) is 4.57. The molecule has 1 aromatic rings. The van der Waals surface area contributed by atoms with Crippen molar-refractivity contribution in [3.63, 3.8) is 0 Å². The summed E-state index contributed by atoms with van der Waals surface area (Å²) in [7, 11) is 0. The minimum absolute atomic E-state index is 0.111. The number of aliphatic hydroxyl groups excluding tert-OH is 1. The summed E-state index contributed by atoms with van der Waals surface area (Å²) >= 11 is 5.82. The molecule has 1 aromatic carbocycles. The van der Waals surface area contributed by atoms with E-state index < -0.39 is 0 Å². The third-order valence-corrected chi connectivity index (χ3v) is 2.45. The zero-order valence-electron chi connectivity index (χ0n) is 10.1. The molecule has 0 aliphatic heterocycles. The molecule has 0 atom stereocenters. The zero-order valence-corrected chi connectivity index (χ0v) is 10.9. The van der Waals surface area contributed by atoms with Crippen LogP contribution in [0.25, 0.3) is 6.08 Å². The summed E-state index contributed by atoms with van der Waals surface area (Å²) in [6, 6.07) is 7.64.